The van der Waals surface area contributed by atoms with Gasteiger partial charge in [0.1, 0.15) is 11.4 Å². The first kappa shape index (κ1) is 39.1. The standard InChI is InChI=1S/C38H51Cl2N3O5/c1-25(44)15-19-41-33(45)28-12-10-27(11-13-28)32(14-16-36(3,4)5)43(34(46)26(2)29-22-30(39)24-31(40)23-29)38(9)17-20-42(21-18-38)35(47)48-37(6,7)8/h10-13,22-24,32H,2,14-21H2,1,3-9H3,(H,41,45). The topological polar surface area (TPSA) is 96.0 Å². The van der Waals surface area contributed by atoms with Crippen LogP contribution in [0.25, 0.3) is 5.57 Å². The zero-order valence-electron chi connectivity index (χ0n) is 29.7. The van der Waals surface area contributed by atoms with Crippen LogP contribution in [-0.2, 0) is 14.3 Å². The molecule has 2 aromatic rings. The van der Waals surface area contributed by atoms with Crippen LogP contribution in [0.2, 0.25) is 10.0 Å². The highest BCUT2D eigenvalue weighted by Gasteiger charge is 2.44. The molecule has 0 aliphatic carbocycles. The highest BCUT2D eigenvalue weighted by molar-refractivity contribution is 6.35. The Hall–Kier alpha value is -3.36. The molecule has 1 N–H and O–H groups in total. The Morgan fingerprint density at radius 3 is 2.02 bits per heavy atom. The summed E-state index contributed by atoms with van der Waals surface area (Å²) in [6.07, 6.45) is 2.39. The molecule has 0 bridgehead atoms. The summed E-state index contributed by atoms with van der Waals surface area (Å²) < 4.78 is 5.65. The quantitative estimate of drug-likeness (QED) is 0.236. The lowest BCUT2D eigenvalue weighted by molar-refractivity contribution is -0.137. The first-order valence-corrected chi connectivity index (χ1v) is 17.3. The van der Waals surface area contributed by atoms with Crippen molar-refractivity contribution >= 4 is 52.5 Å². The van der Waals surface area contributed by atoms with Crippen molar-refractivity contribution in [1.29, 1.82) is 0 Å². The number of piperidine rings is 1. The Bertz CT molecular complexity index is 1480. The molecule has 8 nitrogen and oxygen atoms in total. The van der Waals surface area contributed by atoms with E-state index in [4.69, 9.17) is 27.9 Å². The van der Waals surface area contributed by atoms with Gasteiger partial charge in [0, 0.05) is 52.8 Å². The van der Waals surface area contributed by atoms with Gasteiger partial charge in [0.2, 0.25) is 0 Å². The maximum Gasteiger partial charge on any atom is 0.410 e. The third-order valence-corrected chi connectivity index (χ3v) is 9.00. The van der Waals surface area contributed by atoms with E-state index in [9.17, 15) is 19.2 Å². The number of ketones is 1. The Kier molecular flexibility index (Phi) is 12.9. The zero-order valence-corrected chi connectivity index (χ0v) is 31.2. The number of carbonyl (C=O) groups excluding carboxylic acids is 4. The van der Waals surface area contributed by atoms with E-state index < -0.39 is 11.1 Å². The molecule has 1 saturated heterocycles. The summed E-state index contributed by atoms with van der Waals surface area (Å²) in [6, 6.07) is 11.9. The molecular formula is C38H51Cl2N3O5. The molecule has 1 aliphatic rings. The first-order chi connectivity index (χ1) is 22.2. The van der Waals surface area contributed by atoms with Gasteiger partial charge in [0.05, 0.1) is 6.04 Å². The van der Waals surface area contributed by atoms with Gasteiger partial charge in [-0.1, -0.05) is 62.7 Å². The van der Waals surface area contributed by atoms with Crippen LogP contribution >= 0.6 is 23.2 Å². The molecule has 1 atom stereocenters. The van der Waals surface area contributed by atoms with Crippen molar-refractivity contribution < 1.29 is 23.9 Å². The number of hydrogen-bond acceptors (Lipinski definition) is 5. The van der Waals surface area contributed by atoms with E-state index in [2.05, 4.69) is 39.6 Å². The minimum absolute atomic E-state index is 0.00385. The average Bonchev–Trinajstić information content (AvgIpc) is 2.96. The number of hydrogen-bond donors (Lipinski definition) is 1. The van der Waals surface area contributed by atoms with Gasteiger partial charge in [-0.05, 0) is 107 Å². The number of carbonyl (C=O) groups is 4. The molecule has 0 saturated carbocycles. The summed E-state index contributed by atoms with van der Waals surface area (Å²) in [5.41, 5.74) is 0.825. The van der Waals surface area contributed by atoms with E-state index in [0.29, 0.717) is 53.5 Å². The lowest BCUT2D eigenvalue weighted by Crippen LogP contribution is -2.58. The maximum atomic E-state index is 14.8. The number of halogens is 2. The van der Waals surface area contributed by atoms with Gasteiger partial charge < -0.3 is 19.9 Å². The number of likely N-dealkylation sites (tertiary alicyclic amines) is 1. The van der Waals surface area contributed by atoms with Crippen molar-refractivity contribution in [2.45, 2.75) is 105 Å². The molecule has 0 spiro atoms. The smallest absolute Gasteiger partial charge is 0.410 e. The third-order valence-electron chi connectivity index (χ3n) is 8.56. The highest BCUT2D eigenvalue weighted by Crippen LogP contribution is 2.42. The normalized spacial score (nSPS) is 15.3. The second kappa shape index (κ2) is 15.9. The fourth-order valence-electron chi connectivity index (χ4n) is 5.82. The van der Waals surface area contributed by atoms with E-state index in [1.165, 1.54) is 6.92 Å². The van der Waals surface area contributed by atoms with Crippen molar-refractivity contribution in [1.82, 2.24) is 15.1 Å². The SMILES string of the molecule is C=C(C(=O)N(C(CCC(C)(C)C)c1ccc(C(=O)NCCC(C)=O)cc1)C1(C)CCN(C(=O)OC(C)(C)C)CC1)c1cc(Cl)cc(Cl)c1. The van der Waals surface area contributed by atoms with Crippen LogP contribution in [0.4, 0.5) is 4.79 Å². The Labute approximate surface area is 296 Å². The largest absolute Gasteiger partial charge is 0.444 e. The molecule has 48 heavy (non-hydrogen) atoms. The maximum absolute atomic E-state index is 14.8. The lowest BCUT2D eigenvalue weighted by atomic mass is 9.81. The molecule has 3 rings (SSSR count). The summed E-state index contributed by atoms with van der Waals surface area (Å²) in [4.78, 5) is 55.6. The molecule has 1 unspecified atom stereocenters. The van der Waals surface area contributed by atoms with E-state index in [-0.39, 0.29) is 53.7 Å². The predicted octanol–water partition coefficient (Wildman–Crippen LogP) is 8.90. The Morgan fingerprint density at radius 2 is 1.52 bits per heavy atom. The van der Waals surface area contributed by atoms with Gasteiger partial charge in [0.25, 0.3) is 11.8 Å². The van der Waals surface area contributed by atoms with Gasteiger partial charge in [0.15, 0.2) is 0 Å². The number of amides is 3. The molecule has 0 aromatic heterocycles. The molecule has 10 heteroatoms. The van der Waals surface area contributed by atoms with Gasteiger partial charge >= 0.3 is 6.09 Å². The van der Waals surface area contributed by atoms with Crippen molar-refractivity contribution in [3.8, 4) is 0 Å². The van der Waals surface area contributed by atoms with Crippen molar-refractivity contribution in [3.05, 3.63) is 75.8 Å². The molecular weight excluding hydrogens is 649 g/mol. The zero-order chi connectivity index (χ0) is 36.0. The van der Waals surface area contributed by atoms with Crippen molar-refractivity contribution in [2.75, 3.05) is 19.6 Å². The van der Waals surface area contributed by atoms with Crippen LogP contribution in [-0.4, -0.2) is 64.3 Å². The minimum Gasteiger partial charge on any atom is -0.444 e. The van der Waals surface area contributed by atoms with Crippen molar-refractivity contribution in [3.63, 3.8) is 0 Å². The van der Waals surface area contributed by atoms with Crippen LogP contribution in [0, 0.1) is 5.41 Å². The molecule has 3 amide bonds. The molecule has 0 radical (unpaired) electrons. The summed E-state index contributed by atoms with van der Waals surface area (Å²) in [5, 5.41) is 3.59. The number of Topliss-reactive ketones (excluding diaryl/α,β-unsaturated/α-hetero) is 1. The fourth-order valence-corrected chi connectivity index (χ4v) is 6.35. The summed E-state index contributed by atoms with van der Waals surface area (Å²) in [7, 11) is 0. The minimum atomic E-state index is -0.661. The van der Waals surface area contributed by atoms with Gasteiger partial charge in [-0.2, -0.15) is 0 Å². The number of rotatable bonds is 11. The second-order valence-corrected chi connectivity index (χ2v) is 16.1. The average molecular weight is 701 g/mol. The van der Waals surface area contributed by atoms with Gasteiger partial charge in [-0.3, -0.25) is 14.4 Å². The number of nitrogens with zero attached hydrogens (tertiary/aromatic N) is 2. The molecule has 262 valence electrons. The highest BCUT2D eigenvalue weighted by atomic mass is 35.5. The van der Waals surface area contributed by atoms with Crippen LogP contribution in [0.3, 0.4) is 0 Å². The summed E-state index contributed by atoms with van der Waals surface area (Å²) >= 11 is 12.7. The van der Waals surface area contributed by atoms with Gasteiger partial charge in [-0.25, -0.2) is 4.79 Å². The van der Waals surface area contributed by atoms with E-state index in [1.807, 2.05) is 37.8 Å². The number of ether oxygens (including phenoxy) is 1. The van der Waals surface area contributed by atoms with E-state index in [1.54, 1.807) is 35.2 Å². The lowest BCUT2D eigenvalue weighted by Gasteiger charge is -2.50. The molecule has 1 fully saturated rings. The second-order valence-electron chi connectivity index (χ2n) is 15.2. The monoisotopic (exact) mass is 699 g/mol. The van der Waals surface area contributed by atoms with Crippen LogP contribution in [0.15, 0.2) is 49.0 Å². The Balaban J connectivity index is 2.06. The summed E-state index contributed by atoms with van der Waals surface area (Å²) in [5.74, 6) is -0.523. The molecule has 1 heterocycles. The van der Waals surface area contributed by atoms with E-state index >= 15 is 0 Å². The molecule has 2 aromatic carbocycles. The van der Waals surface area contributed by atoms with Gasteiger partial charge in [-0.15, -0.1) is 0 Å². The van der Waals surface area contributed by atoms with Crippen molar-refractivity contribution in [2.24, 2.45) is 5.41 Å². The van der Waals surface area contributed by atoms with Crippen LogP contribution in [0.1, 0.15) is 115 Å². The Morgan fingerprint density at radius 1 is 0.958 bits per heavy atom. The van der Waals surface area contributed by atoms with E-state index in [0.717, 1.165) is 12.0 Å². The summed E-state index contributed by atoms with van der Waals surface area (Å²) in [6.45, 7) is 20.9. The predicted molar refractivity (Wildman–Crippen MR) is 193 cm³/mol. The number of benzene rings is 2. The number of nitrogens with one attached hydrogen (secondary N) is 1. The fraction of sp³-hybridized carbons (Fsp3) is 0.526. The third kappa shape index (κ3) is 11.1. The van der Waals surface area contributed by atoms with Crippen LogP contribution in [0.5, 0.6) is 0 Å². The molecule has 1 aliphatic heterocycles. The van der Waals surface area contributed by atoms with Crippen LogP contribution < -0.4 is 5.32 Å². The first-order valence-electron chi connectivity index (χ1n) is 16.5.